The van der Waals surface area contributed by atoms with Crippen LogP contribution in [0, 0.1) is 11.8 Å². The average molecular weight is 277 g/mol. The van der Waals surface area contributed by atoms with E-state index in [-0.39, 0.29) is 5.92 Å². The predicted molar refractivity (Wildman–Crippen MR) is 77.9 cm³/mol. The van der Waals surface area contributed by atoms with Crippen LogP contribution in [0.5, 0.6) is 5.75 Å². The SMILES string of the molecule is O=C(O)C1CCCC1CNCCCOc1ccccc1. The van der Waals surface area contributed by atoms with Crippen LogP contribution in [0.15, 0.2) is 30.3 Å². The third kappa shape index (κ3) is 4.53. The van der Waals surface area contributed by atoms with Gasteiger partial charge in [-0.2, -0.15) is 0 Å². The van der Waals surface area contributed by atoms with Gasteiger partial charge in [-0.25, -0.2) is 0 Å². The molecule has 0 amide bonds. The summed E-state index contributed by atoms with van der Waals surface area (Å²) in [4.78, 5) is 11.1. The van der Waals surface area contributed by atoms with Crippen LogP contribution in [0.3, 0.4) is 0 Å². The molecular weight excluding hydrogens is 254 g/mol. The quantitative estimate of drug-likeness (QED) is 0.717. The summed E-state index contributed by atoms with van der Waals surface area (Å²) in [6.07, 6.45) is 3.84. The number of benzene rings is 1. The fourth-order valence-corrected chi connectivity index (χ4v) is 2.80. The smallest absolute Gasteiger partial charge is 0.306 e. The van der Waals surface area contributed by atoms with Crippen LogP contribution in [0.4, 0.5) is 0 Å². The molecule has 2 rings (SSSR count). The van der Waals surface area contributed by atoms with Crippen molar-refractivity contribution in [3.8, 4) is 5.75 Å². The number of hydrogen-bond acceptors (Lipinski definition) is 3. The summed E-state index contributed by atoms with van der Waals surface area (Å²) in [5.41, 5.74) is 0. The molecule has 0 aromatic heterocycles. The molecule has 0 saturated heterocycles. The monoisotopic (exact) mass is 277 g/mol. The van der Waals surface area contributed by atoms with Crippen LogP contribution in [-0.4, -0.2) is 30.8 Å². The molecule has 0 radical (unpaired) electrons. The van der Waals surface area contributed by atoms with Gasteiger partial charge in [0.25, 0.3) is 0 Å². The first-order valence-corrected chi connectivity index (χ1v) is 7.39. The molecule has 1 aromatic rings. The second-order valence-corrected chi connectivity index (χ2v) is 5.35. The lowest BCUT2D eigenvalue weighted by Crippen LogP contribution is -2.30. The third-order valence-corrected chi connectivity index (χ3v) is 3.89. The number of carbonyl (C=O) groups is 1. The molecule has 1 aliphatic carbocycles. The van der Waals surface area contributed by atoms with E-state index < -0.39 is 5.97 Å². The Balaban J connectivity index is 1.54. The first-order valence-electron chi connectivity index (χ1n) is 7.39. The summed E-state index contributed by atoms with van der Waals surface area (Å²) < 4.78 is 5.60. The second-order valence-electron chi connectivity index (χ2n) is 5.35. The van der Waals surface area contributed by atoms with Crippen molar-refractivity contribution in [3.05, 3.63) is 30.3 Å². The number of rotatable bonds is 8. The van der Waals surface area contributed by atoms with E-state index in [2.05, 4.69) is 5.32 Å². The van der Waals surface area contributed by atoms with Gasteiger partial charge in [0.15, 0.2) is 0 Å². The van der Waals surface area contributed by atoms with E-state index in [0.29, 0.717) is 12.5 Å². The highest BCUT2D eigenvalue weighted by atomic mass is 16.5. The molecule has 4 heteroatoms. The van der Waals surface area contributed by atoms with Gasteiger partial charge in [0.05, 0.1) is 12.5 Å². The van der Waals surface area contributed by atoms with E-state index in [0.717, 1.165) is 44.5 Å². The Morgan fingerprint density at radius 3 is 2.85 bits per heavy atom. The molecule has 2 N–H and O–H groups in total. The Bertz CT molecular complexity index is 407. The Morgan fingerprint density at radius 1 is 1.30 bits per heavy atom. The molecule has 1 aliphatic rings. The van der Waals surface area contributed by atoms with Crippen LogP contribution in [0.1, 0.15) is 25.7 Å². The molecular formula is C16H23NO3. The molecule has 1 aromatic carbocycles. The second kappa shape index (κ2) is 7.90. The maximum atomic E-state index is 11.1. The van der Waals surface area contributed by atoms with E-state index in [1.54, 1.807) is 0 Å². The minimum atomic E-state index is -0.637. The zero-order chi connectivity index (χ0) is 14.2. The highest BCUT2D eigenvalue weighted by Gasteiger charge is 2.32. The summed E-state index contributed by atoms with van der Waals surface area (Å²) in [6.45, 7) is 2.36. The first kappa shape index (κ1) is 14.9. The van der Waals surface area contributed by atoms with Crippen molar-refractivity contribution in [2.24, 2.45) is 11.8 Å². The van der Waals surface area contributed by atoms with Crippen molar-refractivity contribution in [3.63, 3.8) is 0 Å². The van der Waals surface area contributed by atoms with E-state index >= 15 is 0 Å². The van der Waals surface area contributed by atoms with E-state index in [4.69, 9.17) is 9.84 Å². The summed E-state index contributed by atoms with van der Waals surface area (Å²) >= 11 is 0. The molecule has 110 valence electrons. The number of aliphatic carboxylic acids is 1. The number of hydrogen-bond donors (Lipinski definition) is 2. The van der Waals surface area contributed by atoms with Crippen molar-refractivity contribution < 1.29 is 14.6 Å². The average Bonchev–Trinajstić information content (AvgIpc) is 2.92. The van der Waals surface area contributed by atoms with Crippen molar-refractivity contribution in [2.75, 3.05) is 19.7 Å². The molecule has 2 atom stereocenters. The fraction of sp³-hybridized carbons (Fsp3) is 0.562. The van der Waals surface area contributed by atoms with Gasteiger partial charge in [-0.15, -0.1) is 0 Å². The van der Waals surface area contributed by atoms with Gasteiger partial charge in [-0.05, 0) is 50.4 Å². The summed E-state index contributed by atoms with van der Waals surface area (Å²) in [6, 6.07) is 9.78. The number of ether oxygens (including phenoxy) is 1. The third-order valence-electron chi connectivity index (χ3n) is 3.89. The molecule has 0 heterocycles. The predicted octanol–water partition coefficient (Wildman–Crippen LogP) is 2.55. The molecule has 20 heavy (non-hydrogen) atoms. The lowest BCUT2D eigenvalue weighted by Gasteiger charge is -2.16. The standard InChI is InChI=1S/C16H23NO3/c18-16(19)15-9-4-6-13(15)12-17-10-5-11-20-14-7-2-1-3-8-14/h1-3,7-8,13,15,17H,4-6,9-12H2,(H,18,19). The van der Waals surface area contributed by atoms with Gasteiger partial charge in [-0.3, -0.25) is 4.79 Å². The van der Waals surface area contributed by atoms with Crippen LogP contribution < -0.4 is 10.1 Å². The van der Waals surface area contributed by atoms with Gasteiger partial charge in [0.1, 0.15) is 5.75 Å². The lowest BCUT2D eigenvalue weighted by molar-refractivity contribution is -0.142. The van der Waals surface area contributed by atoms with Gasteiger partial charge in [0, 0.05) is 0 Å². The molecule has 4 nitrogen and oxygen atoms in total. The van der Waals surface area contributed by atoms with Crippen molar-refractivity contribution >= 4 is 5.97 Å². The van der Waals surface area contributed by atoms with Crippen LogP contribution >= 0.6 is 0 Å². The van der Waals surface area contributed by atoms with Crippen LogP contribution in [-0.2, 0) is 4.79 Å². The van der Waals surface area contributed by atoms with E-state index in [1.165, 1.54) is 0 Å². The Hall–Kier alpha value is -1.55. The van der Waals surface area contributed by atoms with E-state index in [1.807, 2.05) is 30.3 Å². The minimum Gasteiger partial charge on any atom is -0.494 e. The fourth-order valence-electron chi connectivity index (χ4n) is 2.80. The first-order chi connectivity index (χ1) is 9.77. The molecule has 0 bridgehead atoms. The molecule has 2 unspecified atom stereocenters. The van der Waals surface area contributed by atoms with Crippen molar-refractivity contribution in [2.45, 2.75) is 25.7 Å². The largest absolute Gasteiger partial charge is 0.494 e. The van der Waals surface area contributed by atoms with Gasteiger partial charge >= 0.3 is 5.97 Å². The molecule has 0 spiro atoms. The van der Waals surface area contributed by atoms with Gasteiger partial charge in [0.2, 0.25) is 0 Å². The van der Waals surface area contributed by atoms with Gasteiger partial charge < -0.3 is 15.2 Å². The van der Waals surface area contributed by atoms with Crippen molar-refractivity contribution in [1.29, 1.82) is 0 Å². The van der Waals surface area contributed by atoms with Crippen molar-refractivity contribution in [1.82, 2.24) is 5.32 Å². The zero-order valence-corrected chi connectivity index (χ0v) is 11.8. The normalized spacial score (nSPS) is 21.8. The Kier molecular flexibility index (Phi) is 5.87. The molecule has 0 aliphatic heterocycles. The highest BCUT2D eigenvalue weighted by molar-refractivity contribution is 5.70. The minimum absolute atomic E-state index is 0.150. The van der Waals surface area contributed by atoms with Crippen LogP contribution in [0.2, 0.25) is 0 Å². The maximum Gasteiger partial charge on any atom is 0.306 e. The lowest BCUT2D eigenvalue weighted by atomic mass is 9.96. The summed E-state index contributed by atoms with van der Waals surface area (Å²) in [7, 11) is 0. The topological polar surface area (TPSA) is 58.6 Å². The zero-order valence-electron chi connectivity index (χ0n) is 11.8. The number of carboxylic acids is 1. The summed E-state index contributed by atoms with van der Waals surface area (Å²) in [5, 5.41) is 12.5. The maximum absolute atomic E-state index is 11.1. The number of carboxylic acid groups (broad SMARTS) is 1. The molecule has 1 fully saturated rings. The Morgan fingerprint density at radius 2 is 2.10 bits per heavy atom. The van der Waals surface area contributed by atoms with E-state index in [9.17, 15) is 4.79 Å². The number of para-hydroxylation sites is 1. The Labute approximate surface area is 120 Å². The highest BCUT2D eigenvalue weighted by Crippen LogP contribution is 2.31. The molecule has 1 saturated carbocycles. The van der Waals surface area contributed by atoms with Crippen LogP contribution in [0.25, 0.3) is 0 Å². The number of nitrogens with one attached hydrogen (secondary N) is 1. The summed E-state index contributed by atoms with van der Waals surface area (Å²) in [5.74, 6) is 0.404. The van der Waals surface area contributed by atoms with Gasteiger partial charge in [-0.1, -0.05) is 24.6 Å².